The van der Waals surface area contributed by atoms with Gasteiger partial charge in [0.1, 0.15) is 11.6 Å². The zero-order valence-electron chi connectivity index (χ0n) is 16.2. The topological polar surface area (TPSA) is 72.9 Å². The monoisotopic (exact) mass is 422 g/mol. The molecule has 1 N–H and O–H groups in total. The first-order valence-electron chi connectivity index (χ1n) is 9.35. The standard InChI is InChI=1S/C22H19FN4O2S/c1-15-19(11-13-29-15)21-25-26-22(27(21)18-5-3-2-4-6-18)30-14-12-20(28)24-17-9-7-16(23)8-10-17/h2-11,13H,12,14H2,1H3,(H,24,28). The van der Waals surface area contributed by atoms with E-state index in [0.29, 0.717) is 22.4 Å². The molecule has 8 heteroatoms. The van der Waals surface area contributed by atoms with E-state index in [0.717, 1.165) is 17.0 Å². The summed E-state index contributed by atoms with van der Waals surface area (Å²) in [6.07, 6.45) is 1.91. The Labute approximate surface area is 177 Å². The van der Waals surface area contributed by atoms with Gasteiger partial charge in [0.25, 0.3) is 0 Å². The number of halogens is 1. The second kappa shape index (κ2) is 8.96. The number of nitrogens with zero attached hydrogens (tertiary/aromatic N) is 3. The molecule has 30 heavy (non-hydrogen) atoms. The fourth-order valence-corrected chi connectivity index (χ4v) is 3.85. The van der Waals surface area contributed by atoms with Gasteiger partial charge >= 0.3 is 0 Å². The molecule has 0 aliphatic carbocycles. The number of aryl methyl sites for hydroxylation is 1. The molecule has 0 spiro atoms. The predicted molar refractivity (Wildman–Crippen MR) is 114 cm³/mol. The lowest BCUT2D eigenvalue weighted by Gasteiger charge is -2.10. The Hall–Kier alpha value is -3.39. The fraction of sp³-hybridized carbons (Fsp3) is 0.136. The van der Waals surface area contributed by atoms with E-state index in [2.05, 4.69) is 15.5 Å². The quantitative estimate of drug-likeness (QED) is 0.420. The van der Waals surface area contributed by atoms with Crippen LogP contribution in [0.4, 0.5) is 10.1 Å². The summed E-state index contributed by atoms with van der Waals surface area (Å²) < 4.78 is 20.4. The minimum atomic E-state index is -0.340. The van der Waals surface area contributed by atoms with Gasteiger partial charge in [0.2, 0.25) is 5.91 Å². The van der Waals surface area contributed by atoms with Crippen LogP contribution in [-0.2, 0) is 4.79 Å². The Balaban J connectivity index is 1.49. The molecule has 0 bridgehead atoms. The van der Waals surface area contributed by atoms with Gasteiger partial charge in [-0.2, -0.15) is 0 Å². The summed E-state index contributed by atoms with van der Waals surface area (Å²) in [5, 5.41) is 12.2. The lowest BCUT2D eigenvalue weighted by molar-refractivity contribution is -0.115. The van der Waals surface area contributed by atoms with E-state index in [9.17, 15) is 9.18 Å². The van der Waals surface area contributed by atoms with Gasteiger partial charge in [-0.15, -0.1) is 10.2 Å². The van der Waals surface area contributed by atoms with Gasteiger partial charge in [-0.3, -0.25) is 9.36 Å². The van der Waals surface area contributed by atoms with Crippen LogP contribution in [0, 0.1) is 12.7 Å². The van der Waals surface area contributed by atoms with Crippen LogP contribution < -0.4 is 5.32 Å². The maximum Gasteiger partial charge on any atom is 0.225 e. The molecule has 2 aromatic carbocycles. The summed E-state index contributed by atoms with van der Waals surface area (Å²) >= 11 is 1.45. The van der Waals surface area contributed by atoms with Crippen LogP contribution in [-0.4, -0.2) is 26.4 Å². The predicted octanol–water partition coefficient (Wildman–Crippen LogP) is 5.10. The van der Waals surface area contributed by atoms with Crippen LogP contribution in [0.25, 0.3) is 17.1 Å². The van der Waals surface area contributed by atoms with Crippen molar-refractivity contribution in [2.75, 3.05) is 11.1 Å². The second-order valence-corrected chi connectivity index (χ2v) is 7.58. The molecule has 4 aromatic rings. The highest BCUT2D eigenvalue weighted by atomic mass is 32.2. The Morgan fingerprint density at radius 3 is 2.57 bits per heavy atom. The van der Waals surface area contributed by atoms with Gasteiger partial charge in [-0.25, -0.2) is 4.39 Å². The Morgan fingerprint density at radius 2 is 1.87 bits per heavy atom. The second-order valence-electron chi connectivity index (χ2n) is 6.52. The third-order valence-corrected chi connectivity index (χ3v) is 5.37. The van der Waals surface area contributed by atoms with Crippen molar-refractivity contribution in [2.24, 2.45) is 0 Å². The third-order valence-electron chi connectivity index (χ3n) is 4.44. The van der Waals surface area contributed by atoms with Gasteiger partial charge in [0, 0.05) is 23.5 Å². The molecule has 6 nitrogen and oxygen atoms in total. The zero-order valence-corrected chi connectivity index (χ0v) is 17.0. The molecule has 1 amide bonds. The molecule has 0 saturated heterocycles. The first-order chi connectivity index (χ1) is 14.6. The number of thioether (sulfide) groups is 1. The van der Waals surface area contributed by atoms with Crippen LogP contribution in [0.2, 0.25) is 0 Å². The minimum absolute atomic E-state index is 0.147. The molecular weight excluding hydrogens is 403 g/mol. The molecule has 0 fully saturated rings. The average molecular weight is 422 g/mol. The van der Waals surface area contributed by atoms with Crippen molar-refractivity contribution in [3.63, 3.8) is 0 Å². The molecule has 152 valence electrons. The summed E-state index contributed by atoms with van der Waals surface area (Å²) in [4.78, 5) is 12.2. The number of hydrogen-bond donors (Lipinski definition) is 1. The number of aromatic nitrogens is 3. The fourth-order valence-electron chi connectivity index (χ4n) is 2.96. The number of nitrogens with one attached hydrogen (secondary N) is 1. The average Bonchev–Trinajstić information content (AvgIpc) is 3.36. The van der Waals surface area contributed by atoms with E-state index in [1.54, 1.807) is 6.26 Å². The van der Waals surface area contributed by atoms with Gasteiger partial charge in [-0.1, -0.05) is 30.0 Å². The molecule has 0 saturated carbocycles. The molecule has 2 aromatic heterocycles. The number of para-hydroxylation sites is 1. The van der Waals surface area contributed by atoms with Crippen LogP contribution in [0.15, 0.2) is 76.5 Å². The molecule has 0 atom stereocenters. The van der Waals surface area contributed by atoms with Crippen LogP contribution >= 0.6 is 11.8 Å². The highest BCUT2D eigenvalue weighted by Gasteiger charge is 2.19. The van der Waals surface area contributed by atoms with Crippen LogP contribution in [0.3, 0.4) is 0 Å². The van der Waals surface area contributed by atoms with Gasteiger partial charge in [0.05, 0.1) is 11.8 Å². The van der Waals surface area contributed by atoms with E-state index in [4.69, 9.17) is 4.42 Å². The number of hydrogen-bond acceptors (Lipinski definition) is 5. The lowest BCUT2D eigenvalue weighted by atomic mass is 10.2. The lowest BCUT2D eigenvalue weighted by Crippen LogP contribution is -2.12. The number of furan rings is 1. The molecule has 0 radical (unpaired) electrons. The zero-order chi connectivity index (χ0) is 20.9. The molecule has 2 heterocycles. The van der Waals surface area contributed by atoms with Crippen molar-refractivity contribution in [1.29, 1.82) is 0 Å². The van der Waals surface area contributed by atoms with Crippen molar-refractivity contribution in [1.82, 2.24) is 14.8 Å². The number of anilines is 1. The van der Waals surface area contributed by atoms with Crippen molar-refractivity contribution in [3.8, 4) is 17.1 Å². The SMILES string of the molecule is Cc1occc1-c1nnc(SCCC(=O)Nc2ccc(F)cc2)n1-c1ccccc1. The van der Waals surface area contributed by atoms with Crippen molar-refractivity contribution in [2.45, 2.75) is 18.5 Å². The summed E-state index contributed by atoms with van der Waals surface area (Å²) in [5.74, 6) is 1.47. The Morgan fingerprint density at radius 1 is 1.10 bits per heavy atom. The summed E-state index contributed by atoms with van der Waals surface area (Å²) in [5.41, 5.74) is 2.36. The van der Waals surface area contributed by atoms with E-state index >= 15 is 0 Å². The highest BCUT2D eigenvalue weighted by molar-refractivity contribution is 7.99. The molecular formula is C22H19FN4O2S. The first kappa shape index (κ1) is 19.9. The summed E-state index contributed by atoms with van der Waals surface area (Å²) in [7, 11) is 0. The van der Waals surface area contributed by atoms with E-state index in [1.165, 1.54) is 36.0 Å². The van der Waals surface area contributed by atoms with E-state index in [1.807, 2.05) is 47.9 Å². The Kier molecular flexibility index (Phi) is 5.94. The number of benzene rings is 2. The smallest absolute Gasteiger partial charge is 0.225 e. The number of rotatable bonds is 7. The summed E-state index contributed by atoms with van der Waals surface area (Å²) in [6.45, 7) is 1.88. The number of amides is 1. The first-order valence-corrected chi connectivity index (χ1v) is 10.3. The third kappa shape index (κ3) is 4.44. The van der Waals surface area contributed by atoms with Crippen LogP contribution in [0.1, 0.15) is 12.2 Å². The van der Waals surface area contributed by atoms with E-state index < -0.39 is 0 Å². The molecule has 0 unspecified atom stereocenters. The molecule has 0 aliphatic rings. The molecule has 4 rings (SSSR count). The maximum atomic E-state index is 13.0. The normalized spacial score (nSPS) is 10.9. The molecule has 0 aliphatic heterocycles. The van der Waals surface area contributed by atoms with Gasteiger partial charge in [-0.05, 0) is 49.4 Å². The van der Waals surface area contributed by atoms with Crippen LogP contribution in [0.5, 0.6) is 0 Å². The largest absolute Gasteiger partial charge is 0.469 e. The van der Waals surface area contributed by atoms with Gasteiger partial charge in [0.15, 0.2) is 11.0 Å². The van der Waals surface area contributed by atoms with Crippen molar-refractivity contribution in [3.05, 3.63) is 78.5 Å². The highest BCUT2D eigenvalue weighted by Crippen LogP contribution is 2.30. The number of carbonyl (C=O) groups is 1. The van der Waals surface area contributed by atoms with Crippen molar-refractivity contribution >= 4 is 23.4 Å². The minimum Gasteiger partial charge on any atom is -0.469 e. The van der Waals surface area contributed by atoms with E-state index in [-0.39, 0.29) is 18.1 Å². The number of carbonyl (C=O) groups excluding carboxylic acids is 1. The maximum absolute atomic E-state index is 13.0. The van der Waals surface area contributed by atoms with Crippen molar-refractivity contribution < 1.29 is 13.6 Å². The van der Waals surface area contributed by atoms with Gasteiger partial charge < -0.3 is 9.73 Å². The summed E-state index contributed by atoms with van der Waals surface area (Å²) in [6, 6.07) is 17.4. The Bertz CT molecular complexity index is 1140.